The molecule has 1 unspecified atom stereocenters. The lowest BCUT2D eigenvalue weighted by Gasteiger charge is -2.11. The molecule has 0 bridgehead atoms. The second-order valence-corrected chi connectivity index (χ2v) is 6.54. The predicted octanol–water partition coefficient (Wildman–Crippen LogP) is 1.58. The second kappa shape index (κ2) is 5.38. The molecule has 0 spiro atoms. The zero-order valence-electron chi connectivity index (χ0n) is 9.77. The van der Waals surface area contributed by atoms with Gasteiger partial charge in [0.2, 0.25) is 5.91 Å². The van der Waals surface area contributed by atoms with Gasteiger partial charge in [-0.1, -0.05) is 11.6 Å². The third kappa shape index (κ3) is 3.45. The molecule has 0 saturated heterocycles. The number of carbonyl (C=O) groups is 1. The molecule has 0 saturated carbocycles. The largest absolute Gasteiger partial charge is 0.324 e. The van der Waals surface area contributed by atoms with Gasteiger partial charge in [0.05, 0.1) is 22.3 Å². The summed E-state index contributed by atoms with van der Waals surface area (Å²) in [5, 5.41) is 10.1. The lowest BCUT2D eigenvalue weighted by atomic mass is 10.2. The molecule has 0 radical (unpaired) electrons. The molecular weight excluding hydrogens is 276 g/mol. The van der Waals surface area contributed by atoms with Crippen LogP contribution < -0.4 is 5.32 Å². The highest BCUT2D eigenvalue weighted by Crippen LogP contribution is 2.23. The average molecular weight is 287 g/mol. The Labute approximate surface area is 110 Å². The summed E-state index contributed by atoms with van der Waals surface area (Å²) in [7, 11) is -3.46. The first kappa shape index (κ1) is 14.5. The lowest BCUT2D eigenvalue weighted by molar-refractivity contribution is -0.115. The minimum atomic E-state index is -3.46. The van der Waals surface area contributed by atoms with E-state index in [1.165, 1.54) is 25.1 Å². The molecule has 0 aliphatic carbocycles. The predicted molar refractivity (Wildman–Crippen MR) is 69.1 cm³/mol. The van der Waals surface area contributed by atoms with Crippen LogP contribution in [0.1, 0.15) is 12.5 Å². The van der Waals surface area contributed by atoms with Gasteiger partial charge >= 0.3 is 0 Å². The highest BCUT2D eigenvalue weighted by molar-refractivity contribution is 7.92. The Bertz CT molecular complexity index is 620. The van der Waals surface area contributed by atoms with Crippen LogP contribution in [0.15, 0.2) is 18.2 Å². The molecule has 1 atom stereocenters. The van der Waals surface area contributed by atoms with Crippen molar-refractivity contribution < 1.29 is 13.2 Å². The fourth-order valence-electron chi connectivity index (χ4n) is 1.11. The molecular formula is C11H11ClN2O3S. The fourth-order valence-corrected chi connectivity index (χ4v) is 1.79. The average Bonchev–Trinajstić information content (AvgIpc) is 2.29. The SMILES string of the molecule is CC(C(=O)Nc1ccc(C#N)cc1Cl)S(C)(=O)=O. The number of hydrogen-bond acceptors (Lipinski definition) is 4. The normalized spacial score (nSPS) is 12.6. The molecule has 18 heavy (non-hydrogen) atoms. The van der Waals surface area contributed by atoms with Gasteiger partial charge in [0.1, 0.15) is 5.25 Å². The van der Waals surface area contributed by atoms with E-state index in [0.29, 0.717) is 5.56 Å². The Morgan fingerprint density at radius 2 is 2.11 bits per heavy atom. The first-order valence-electron chi connectivity index (χ1n) is 4.95. The monoisotopic (exact) mass is 286 g/mol. The summed E-state index contributed by atoms with van der Waals surface area (Å²) in [4.78, 5) is 11.7. The number of amides is 1. The molecule has 96 valence electrons. The Morgan fingerprint density at radius 3 is 2.56 bits per heavy atom. The number of carbonyl (C=O) groups excluding carboxylic acids is 1. The molecule has 0 aliphatic rings. The first-order valence-corrected chi connectivity index (χ1v) is 7.28. The van der Waals surface area contributed by atoms with Crippen LogP contribution in [0.2, 0.25) is 5.02 Å². The molecule has 7 heteroatoms. The van der Waals surface area contributed by atoms with Gasteiger partial charge < -0.3 is 5.32 Å². The number of benzene rings is 1. The topological polar surface area (TPSA) is 87.0 Å². The summed E-state index contributed by atoms with van der Waals surface area (Å²) in [6.07, 6.45) is 0.984. The number of nitrogens with zero attached hydrogens (tertiary/aromatic N) is 1. The Hall–Kier alpha value is -1.58. The van der Waals surface area contributed by atoms with Crippen LogP contribution in [0, 0.1) is 11.3 Å². The number of sulfone groups is 1. The maximum atomic E-state index is 11.7. The van der Waals surface area contributed by atoms with Crippen molar-refractivity contribution >= 4 is 33.0 Å². The second-order valence-electron chi connectivity index (χ2n) is 3.77. The van der Waals surface area contributed by atoms with E-state index in [9.17, 15) is 13.2 Å². The number of halogens is 1. The smallest absolute Gasteiger partial charge is 0.242 e. The molecule has 5 nitrogen and oxygen atoms in total. The molecule has 0 aromatic heterocycles. The van der Waals surface area contributed by atoms with E-state index in [1.54, 1.807) is 0 Å². The van der Waals surface area contributed by atoms with Gasteiger partial charge in [-0.15, -0.1) is 0 Å². The van der Waals surface area contributed by atoms with E-state index in [4.69, 9.17) is 16.9 Å². The zero-order chi connectivity index (χ0) is 13.9. The van der Waals surface area contributed by atoms with Crippen molar-refractivity contribution in [1.82, 2.24) is 0 Å². The van der Waals surface area contributed by atoms with E-state index in [0.717, 1.165) is 6.26 Å². The molecule has 0 aliphatic heterocycles. The number of anilines is 1. The third-order valence-corrected chi connectivity index (χ3v) is 4.18. The summed E-state index contributed by atoms with van der Waals surface area (Å²) in [5.41, 5.74) is 0.630. The standard InChI is InChI=1S/C11H11ClN2O3S/c1-7(18(2,16)17)11(15)14-10-4-3-8(6-13)5-9(10)12/h3-5,7H,1-2H3,(H,14,15). The van der Waals surface area contributed by atoms with Crippen LogP contribution in [0.5, 0.6) is 0 Å². The van der Waals surface area contributed by atoms with Gasteiger partial charge in [-0.2, -0.15) is 5.26 Å². The summed E-state index contributed by atoms with van der Waals surface area (Å²) in [5.74, 6) is -0.663. The maximum absolute atomic E-state index is 11.7. The van der Waals surface area contributed by atoms with Crippen molar-refractivity contribution in [1.29, 1.82) is 5.26 Å². The van der Waals surface area contributed by atoms with E-state index in [-0.39, 0.29) is 10.7 Å². The number of rotatable bonds is 3. The molecule has 0 heterocycles. The molecule has 0 fully saturated rings. The van der Waals surface area contributed by atoms with E-state index >= 15 is 0 Å². The minimum Gasteiger partial charge on any atom is -0.324 e. The van der Waals surface area contributed by atoms with Gasteiger partial charge in [0.25, 0.3) is 0 Å². The van der Waals surface area contributed by atoms with Gasteiger partial charge in [-0.05, 0) is 25.1 Å². The molecule has 1 aromatic rings. The van der Waals surface area contributed by atoms with Crippen LogP contribution in [0.4, 0.5) is 5.69 Å². The van der Waals surface area contributed by atoms with E-state index in [2.05, 4.69) is 5.32 Å². The Morgan fingerprint density at radius 1 is 1.50 bits per heavy atom. The van der Waals surface area contributed by atoms with Gasteiger partial charge in [-0.3, -0.25) is 4.79 Å². The molecule has 1 amide bonds. The van der Waals surface area contributed by atoms with E-state index < -0.39 is 21.0 Å². The number of nitriles is 1. The quantitative estimate of drug-likeness (QED) is 0.914. The van der Waals surface area contributed by atoms with Gasteiger partial charge in [0, 0.05) is 6.26 Å². The highest BCUT2D eigenvalue weighted by atomic mass is 35.5. The molecule has 1 N–H and O–H groups in total. The van der Waals surface area contributed by atoms with Crippen molar-refractivity contribution in [2.24, 2.45) is 0 Å². The van der Waals surface area contributed by atoms with Crippen molar-refractivity contribution in [2.45, 2.75) is 12.2 Å². The van der Waals surface area contributed by atoms with Gasteiger partial charge in [-0.25, -0.2) is 8.42 Å². The van der Waals surface area contributed by atoms with Crippen LogP contribution in [-0.4, -0.2) is 25.8 Å². The molecule has 1 rings (SSSR count). The number of hydrogen-bond donors (Lipinski definition) is 1. The van der Waals surface area contributed by atoms with Crippen LogP contribution in [-0.2, 0) is 14.6 Å². The number of nitrogens with one attached hydrogen (secondary N) is 1. The Balaban J connectivity index is 2.93. The highest BCUT2D eigenvalue weighted by Gasteiger charge is 2.23. The summed E-state index contributed by atoms with van der Waals surface area (Å²) in [6.45, 7) is 1.29. The zero-order valence-corrected chi connectivity index (χ0v) is 11.3. The van der Waals surface area contributed by atoms with Crippen molar-refractivity contribution in [3.63, 3.8) is 0 Å². The Kier molecular flexibility index (Phi) is 4.33. The summed E-state index contributed by atoms with van der Waals surface area (Å²) >= 11 is 5.86. The van der Waals surface area contributed by atoms with E-state index in [1.807, 2.05) is 6.07 Å². The first-order chi connectivity index (χ1) is 8.25. The van der Waals surface area contributed by atoms with Crippen molar-refractivity contribution in [3.8, 4) is 6.07 Å². The fraction of sp³-hybridized carbons (Fsp3) is 0.273. The maximum Gasteiger partial charge on any atom is 0.242 e. The van der Waals surface area contributed by atoms with Gasteiger partial charge in [0.15, 0.2) is 9.84 Å². The van der Waals surface area contributed by atoms with Crippen molar-refractivity contribution in [3.05, 3.63) is 28.8 Å². The summed E-state index contributed by atoms with van der Waals surface area (Å²) in [6, 6.07) is 6.22. The van der Waals surface area contributed by atoms with Crippen LogP contribution in [0.3, 0.4) is 0 Å². The van der Waals surface area contributed by atoms with Crippen LogP contribution >= 0.6 is 11.6 Å². The summed E-state index contributed by atoms with van der Waals surface area (Å²) < 4.78 is 22.4. The molecule has 1 aromatic carbocycles. The van der Waals surface area contributed by atoms with Crippen LogP contribution in [0.25, 0.3) is 0 Å². The minimum absolute atomic E-state index is 0.183. The lowest BCUT2D eigenvalue weighted by Crippen LogP contribution is -2.31. The third-order valence-electron chi connectivity index (χ3n) is 2.37. The van der Waals surface area contributed by atoms with Crippen molar-refractivity contribution in [2.75, 3.05) is 11.6 Å².